The van der Waals surface area contributed by atoms with Crippen molar-refractivity contribution in [3.63, 3.8) is 0 Å². The molecule has 0 radical (unpaired) electrons. The quantitative estimate of drug-likeness (QED) is 0.538. The van der Waals surface area contributed by atoms with Gasteiger partial charge in [0.15, 0.2) is 13.5 Å². The zero-order valence-electron chi connectivity index (χ0n) is 15.1. The summed E-state index contributed by atoms with van der Waals surface area (Å²) in [5.74, 6) is 1.79. The Morgan fingerprint density at radius 3 is 1.46 bits per heavy atom. The molecule has 0 aromatic heterocycles. The molecule has 4 nitrogen and oxygen atoms in total. The highest BCUT2D eigenvalue weighted by Gasteiger charge is 2.28. The van der Waals surface area contributed by atoms with Crippen LogP contribution in [-0.4, -0.2) is 13.5 Å². The molecule has 5 rings (SSSR count). The van der Waals surface area contributed by atoms with Crippen molar-refractivity contribution in [1.29, 1.82) is 0 Å². The fourth-order valence-electron chi connectivity index (χ4n) is 3.76. The molecule has 0 atom stereocenters. The molecule has 0 bridgehead atoms. The number of para-hydroxylation sites is 2. The zero-order valence-corrected chi connectivity index (χ0v) is 16.6. The lowest BCUT2D eigenvalue weighted by Gasteiger charge is -2.37. The van der Waals surface area contributed by atoms with E-state index in [1.165, 1.54) is 0 Å². The molecular weight excluding hydrogens is 395 g/mol. The Morgan fingerprint density at radius 1 is 0.607 bits per heavy atom. The molecule has 0 N–H and O–H groups in total. The van der Waals surface area contributed by atoms with Crippen molar-refractivity contribution in [3.05, 3.63) is 81.8 Å². The molecule has 3 aromatic rings. The first kappa shape index (κ1) is 17.5. The Morgan fingerprint density at radius 2 is 1.04 bits per heavy atom. The lowest BCUT2D eigenvalue weighted by Crippen LogP contribution is -2.36. The van der Waals surface area contributed by atoms with E-state index in [0.29, 0.717) is 36.6 Å². The van der Waals surface area contributed by atoms with Gasteiger partial charge in [0.25, 0.3) is 0 Å². The van der Waals surface area contributed by atoms with Crippen LogP contribution in [0.2, 0.25) is 10.0 Å². The predicted octanol–water partition coefficient (Wildman–Crippen LogP) is 5.71. The zero-order chi connectivity index (χ0) is 19.1. The molecule has 2 aliphatic heterocycles. The van der Waals surface area contributed by atoms with Gasteiger partial charge in [0.2, 0.25) is 0 Å². The molecule has 0 aliphatic carbocycles. The van der Waals surface area contributed by atoms with Gasteiger partial charge in [0, 0.05) is 11.1 Å². The smallest absolute Gasteiger partial charge is 0.161 e. The number of nitrogens with zero attached hydrogens (tertiary/aromatic N) is 2. The van der Waals surface area contributed by atoms with E-state index in [4.69, 9.17) is 32.7 Å². The minimum atomic E-state index is 0.463. The van der Waals surface area contributed by atoms with Gasteiger partial charge in [0.1, 0.15) is 11.5 Å². The molecule has 3 aromatic carbocycles. The minimum absolute atomic E-state index is 0.463. The van der Waals surface area contributed by atoms with E-state index in [1.807, 2.05) is 60.7 Å². The summed E-state index contributed by atoms with van der Waals surface area (Å²) in [6.45, 7) is 2.35. The third kappa shape index (κ3) is 3.03. The highest BCUT2D eigenvalue weighted by atomic mass is 35.5. The van der Waals surface area contributed by atoms with Crippen LogP contribution < -0.4 is 19.3 Å². The Balaban J connectivity index is 1.50. The van der Waals surface area contributed by atoms with Crippen LogP contribution in [0.1, 0.15) is 11.1 Å². The molecule has 0 saturated heterocycles. The monoisotopic (exact) mass is 412 g/mol. The minimum Gasteiger partial charge on any atom is -0.473 e. The van der Waals surface area contributed by atoms with Crippen molar-refractivity contribution in [2.24, 2.45) is 0 Å². The van der Waals surface area contributed by atoms with Gasteiger partial charge >= 0.3 is 0 Å². The number of rotatable bonds is 2. The Hall–Kier alpha value is -2.56. The van der Waals surface area contributed by atoms with Crippen molar-refractivity contribution in [3.8, 4) is 11.5 Å². The van der Waals surface area contributed by atoms with Gasteiger partial charge in [-0.15, -0.1) is 0 Å². The number of hydrogen-bond donors (Lipinski definition) is 0. The second-order valence-electron chi connectivity index (χ2n) is 6.86. The number of benzene rings is 3. The van der Waals surface area contributed by atoms with Crippen molar-refractivity contribution >= 4 is 34.6 Å². The van der Waals surface area contributed by atoms with Gasteiger partial charge in [0.05, 0.1) is 34.5 Å². The van der Waals surface area contributed by atoms with E-state index >= 15 is 0 Å². The molecule has 2 aliphatic rings. The van der Waals surface area contributed by atoms with Crippen molar-refractivity contribution < 1.29 is 9.47 Å². The van der Waals surface area contributed by atoms with Crippen molar-refractivity contribution in [2.75, 3.05) is 23.3 Å². The Bertz CT molecular complexity index is 958. The second kappa shape index (κ2) is 7.12. The number of fused-ring (bicyclic) bond motifs is 3. The lowest BCUT2D eigenvalue weighted by molar-refractivity contribution is 0.271. The van der Waals surface area contributed by atoms with Crippen LogP contribution in [0.4, 0.5) is 11.4 Å². The summed E-state index contributed by atoms with van der Waals surface area (Å²) in [5.41, 5.74) is 4.18. The van der Waals surface area contributed by atoms with Crippen LogP contribution in [0, 0.1) is 0 Å². The normalized spacial score (nSPS) is 15.4. The molecule has 0 spiro atoms. The molecule has 142 valence electrons. The lowest BCUT2D eigenvalue weighted by atomic mass is 10.0. The van der Waals surface area contributed by atoms with E-state index in [1.54, 1.807) is 0 Å². The summed E-state index contributed by atoms with van der Waals surface area (Å²) in [7, 11) is 0. The number of halogens is 2. The number of anilines is 2. The molecule has 0 fully saturated rings. The SMILES string of the molecule is Clc1ccccc1N1COc2ccc3c(c2C1)CN(c1ccccc1Cl)CO3. The van der Waals surface area contributed by atoms with Gasteiger partial charge in [-0.2, -0.15) is 0 Å². The van der Waals surface area contributed by atoms with Crippen LogP contribution in [0.15, 0.2) is 60.7 Å². The fraction of sp³-hybridized carbons (Fsp3) is 0.182. The molecule has 6 heteroatoms. The average molecular weight is 413 g/mol. The van der Waals surface area contributed by atoms with E-state index in [2.05, 4.69) is 9.80 Å². The Labute approximate surface area is 173 Å². The molecule has 0 unspecified atom stereocenters. The maximum atomic E-state index is 6.40. The summed E-state index contributed by atoms with van der Waals surface area (Å²) in [6.07, 6.45) is 0. The molecule has 0 saturated carbocycles. The van der Waals surface area contributed by atoms with E-state index in [0.717, 1.165) is 34.0 Å². The highest BCUT2D eigenvalue weighted by molar-refractivity contribution is 6.33. The maximum Gasteiger partial charge on any atom is 0.161 e. The van der Waals surface area contributed by atoms with E-state index in [9.17, 15) is 0 Å². The standard InChI is InChI=1S/C22H18Cl2N2O2/c23-17-5-1-3-7-19(17)25-11-15-16-12-26(20-8-4-2-6-18(20)24)14-28-22(16)10-9-21(15)27-13-25/h1-10H,11-14H2. The third-order valence-electron chi connectivity index (χ3n) is 5.18. The Kier molecular flexibility index (Phi) is 4.46. The molecular formula is C22H18Cl2N2O2. The molecule has 28 heavy (non-hydrogen) atoms. The average Bonchev–Trinajstić information content (AvgIpc) is 2.74. The maximum absolute atomic E-state index is 6.40. The van der Waals surface area contributed by atoms with Gasteiger partial charge in [-0.25, -0.2) is 0 Å². The van der Waals surface area contributed by atoms with Gasteiger partial charge in [-0.3, -0.25) is 0 Å². The number of hydrogen-bond acceptors (Lipinski definition) is 4. The summed E-state index contributed by atoms with van der Waals surface area (Å²) in [4.78, 5) is 4.28. The van der Waals surface area contributed by atoms with E-state index < -0.39 is 0 Å². The van der Waals surface area contributed by atoms with E-state index in [-0.39, 0.29) is 0 Å². The molecule has 0 amide bonds. The van der Waals surface area contributed by atoms with Crippen molar-refractivity contribution in [2.45, 2.75) is 13.1 Å². The van der Waals surface area contributed by atoms with Gasteiger partial charge in [-0.1, -0.05) is 47.5 Å². The first-order valence-electron chi connectivity index (χ1n) is 9.10. The highest BCUT2D eigenvalue weighted by Crippen LogP contribution is 2.40. The van der Waals surface area contributed by atoms with Crippen LogP contribution in [0.3, 0.4) is 0 Å². The second-order valence-corrected chi connectivity index (χ2v) is 7.68. The topological polar surface area (TPSA) is 24.9 Å². The van der Waals surface area contributed by atoms with Crippen LogP contribution in [0.5, 0.6) is 11.5 Å². The third-order valence-corrected chi connectivity index (χ3v) is 5.82. The predicted molar refractivity (Wildman–Crippen MR) is 113 cm³/mol. The van der Waals surface area contributed by atoms with Gasteiger partial charge < -0.3 is 19.3 Å². The first-order valence-corrected chi connectivity index (χ1v) is 9.85. The summed E-state index contributed by atoms with van der Waals surface area (Å²) >= 11 is 12.8. The summed E-state index contributed by atoms with van der Waals surface area (Å²) in [5, 5.41) is 1.43. The first-order chi connectivity index (χ1) is 13.7. The van der Waals surface area contributed by atoms with Crippen LogP contribution >= 0.6 is 23.2 Å². The summed E-state index contributed by atoms with van der Waals surface area (Å²) in [6, 6.07) is 19.6. The fourth-order valence-corrected chi connectivity index (χ4v) is 4.27. The van der Waals surface area contributed by atoms with Crippen molar-refractivity contribution in [1.82, 2.24) is 0 Å². The molecule has 2 heterocycles. The van der Waals surface area contributed by atoms with Crippen LogP contribution in [0.25, 0.3) is 0 Å². The largest absolute Gasteiger partial charge is 0.473 e. The number of ether oxygens (including phenoxy) is 2. The van der Waals surface area contributed by atoms with Crippen LogP contribution in [-0.2, 0) is 13.1 Å². The summed E-state index contributed by atoms with van der Waals surface area (Å²) < 4.78 is 12.1. The van der Waals surface area contributed by atoms with Gasteiger partial charge in [-0.05, 0) is 36.4 Å².